The lowest BCUT2D eigenvalue weighted by Gasteiger charge is -2.09. The first-order chi connectivity index (χ1) is 30.7. The molecule has 0 saturated carbocycles. The third-order valence-electron chi connectivity index (χ3n) is 10.4. The Balaban J connectivity index is 1.07. The molecule has 8 aromatic carbocycles. The van der Waals surface area contributed by atoms with Crippen LogP contribution in [0.4, 0.5) is 0 Å². The molecule has 0 bridgehead atoms. The van der Waals surface area contributed by atoms with E-state index in [0.717, 1.165) is 42.1 Å². The van der Waals surface area contributed by atoms with E-state index in [1.54, 1.807) is 11.3 Å². The van der Waals surface area contributed by atoms with Gasteiger partial charge in [-0.15, -0.1) is 11.3 Å². The van der Waals surface area contributed by atoms with Gasteiger partial charge in [0.05, 0.1) is 13.8 Å². The second-order valence-corrected chi connectivity index (χ2v) is 14.9. The van der Waals surface area contributed by atoms with Gasteiger partial charge in [0.2, 0.25) is 0 Å². The van der Waals surface area contributed by atoms with Crippen LogP contribution in [0.15, 0.2) is 185 Å². The highest BCUT2D eigenvalue weighted by molar-refractivity contribution is 7.25. The quantitative estimate of drug-likeness (QED) is 0.175. The molecular weight excluding hydrogens is 719 g/mol. The van der Waals surface area contributed by atoms with Gasteiger partial charge >= 0.3 is 0 Å². The van der Waals surface area contributed by atoms with Gasteiger partial charge in [-0.05, 0) is 70.7 Å². The van der Waals surface area contributed by atoms with Crippen molar-refractivity contribution in [3.63, 3.8) is 0 Å². The van der Waals surface area contributed by atoms with Gasteiger partial charge in [0, 0.05) is 52.8 Å². The minimum atomic E-state index is -0.353. The smallest absolute Gasteiger partial charge is 0.167 e. The number of furan rings is 2. The predicted octanol–water partition coefficient (Wildman–Crippen LogP) is 14.4. The van der Waals surface area contributed by atoms with Crippen molar-refractivity contribution in [2.75, 3.05) is 0 Å². The fourth-order valence-electron chi connectivity index (χ4n) is 7.63. The van der Waals surface area contributed by atoms with Crippen LogP contribution in [0.3, 0.4) is 0 Å². The van der Waals surface area contributed by atoms with E-state index in [-0.39, 0.29) is 86.8 Å². The Kier molecular flexibility index (Phi) is 5.82. The van der Waals surface area contributed by atoms with E-state index < -0.39 is 0 Å². The Morgan fingerprint density at radius 2 is 1.07 bits per heavy atom. The number of nitrogens with zero attached hydrogens (tertiary/aromatic N) is 3. The van der Waals surface area contributed by atoms with Crippen LogP contribution in [-0.4, -0.2) is 15.0 Å². The molecule has 12 rings (SSSR count). The molecule has 4 aromatic heterocycles. The average molecular weight is 754 g/mol. The van der Waals surface area contributed by atoms with Gasteiger partial charge in [-0.25, -0.2) is 15.0 Å². The summed E-state index contributed by atoms with van der Waals surface area (Å²) in [5.41, 5.74) is 5.05. The lowest BCUT2D eigenvalue weighted by molar-refractivity contribution is 0.668. The van der Waals surface area contributed by atoms with Crippen LogP contribution in [0.2, 0.25) is 0 Å². The summed E-state index contributed by atoms with van der Waals surface area (Å²) in [7, 11) is 0. The Bertz CT molecular complexity index is 3880. The third kappa shape index (κ3) is 5.26. The van der Waals surface area contributed by atoms with Gasteiger partial charge in [-0.1, -0.05) is 127 Å². The van der Waals surface area contributed by atoms with E-state index in [1.807, 2.05) is 127 Å². The molecule has 0 aliphatic carbocycles. The zero-order valence-corrected chi connectivity index (χ0v) is 30.7. The van der Waals surface area contributed by atoms with Crippen molar-refractivity contribution >= 4 is 75.4 Å². The van der Waals surface area contributed by atoms with Crippen molar-refractivity contribution in [3.8, 4) is 56.4 Å². The molecule has 0 aliphatic rings. The van der Waals surface area contributed by atoms with Crippen LogP contribution in [-0.2, 0) is 0 Å². The number of thiophene rings is 1. The molecule has 0 aliphatic heterocycles. The van der Waals surface area contributed by atoms with E-state index in [4.69, 9.17) is 26.5 Å². The number of hydrogen-bond donors (Lipinski definition) is 0. The summed E-state index contributed by atoms with van der Waals surface area (Å²) >= 11 is 1.61. The standard InChI is InChI=1S/C51H29N3O2S/c1-2-9-30(10-3-1)31-17-19-32(20-18-31)49-52-50(54-51(53-49)41-14-8-13-40-36-11-4-6-15-43(36)56-48(40)41)35-22-24-37-42-27-33(23-26-44(42)55-45(37)28-35)34-21-25-39-38-12-5-7-16-46(38)57-47(39)29-34/h1-29H/i22D,23D,24D,26D,27D,28D. The summed E-state index contributed by atoms with van der Waals surface area (Å²) in [6, 6.07) is 43.5. The van der Waals surface area contributed by atoms with Crippen LogP contribution in [0.5, 0.6) is 0 Å². The van der Waals surface area contributed by atoms with Crippen LogP contribution in [0.1, 0.15) is 8.22 Å². The number of rotatable bonds is 5. The van der Waals surface area contributed by atoms with E-state index in [9.17, 15) is 5.48 Å². The largest absolute Gasteiger partial charge is 0.456 e. The SMILES string of the molecule is [2H]c1c(-c2ccc3c(c2)sc2ccccc23)c([2H])c2c(oc3c([2H])c(-c4nc(-c5ccc(-c6ccccc6)cc5)nc(-c5cccc6c5oc5ccccc56)n4)c([2H])c([2H])c32)c1[2H]. The van der Waals surface area contributed by atoms with E-state index in [1.165, 1.54) is 0 Å². The van der Waals surface area contributed by atoms with Gasteiger partial charge in [-0.3, -0.25) is 0 Å². The first-order valence-electron chi connectivity index (χ1n) is 21.4. The summed E-state index contributed by atoms with van der Waals surface area (Å²) in [4.78, 5) is 14.7. The van der Waals surface area contributed by atoms with E-state index >= 15 is 0 Å². The highest BCUT2D eigenvalue weighted by Gasteiger charge is 2.19. The Morgan fingerprint density at radius 3 is 1.96 bits per heavy atom. The number of fused-ring (bicyclic) bond motifs is 9. The Labute approximate surface area is 338 Å². The number of benzene rings is 8. The van der Waals surface area contributed by atoms with Gasteiger partial charge in [0.25, 0.3) is 0 Å². The zero-order chi connectivity index (χ0) is 42.7. The van der Waals surface area contributed by atoms with Crippen molar-refractivity contribution in [1.82, 2.24) is 15.0 Å². The molecule has 0 N–H and O–H groups in total. The normalized spacial score (nSPS) is 13.3. The lowest BCUT2D eigenvalue weighted by atomic mass is 10.0. The van der Waals surface area contributed by atoms with Crippen LogP contribution in [0.25, 0.3) is 120 Å². The summed E-state index contributed by atoms with van der Waals surface area (Å²) < 4.78 is 71.0. The fourth-order valence-corrected chi connectivity index (χ4v) is 8.78. The average Bonchev–Trinajstić information content (AvgIpc) is 4.03. The molecule has 12 aromatic rings. The Hall–Kier alpha value is -7.41. The van der Waals surface area contributed by atoms with Crippen LogP contribution >= 0.6 is 11.3 Å². The van der Waals surface area contributed by atoms with Gasteiger partial charge in [0.15, 0.2) is 17.5 Å². The molecule has 0 atom stereocenters. The zero-order valence-electron chi connectivity index (χ0n) is 35.8. The second kappa shape index (κ2) is 12.6. The minimum Gasteiger partial charge on any atom is -0.456 e. The van der Waals surface area contributed by atoms with E-state index in [0.29, 0.717) is 27.9 Å². The van der Waals surface area contributed by atoms with Crippen LogP contribution < -0.4 is 0 Å². The summed E-state index contributed by atoms with van der Waals surface area (Å²) in [6.07, 6.45) is 0. The van der Waals surface area contributed by atoms with Gasteiger partial charge in [0.1, 0.15) is 22.3 Å². The van der Waals surface area contributed by atoms with Crippen LogP contribution in [0, 0.1) is 0 Å². The Morgan fingerprint density at radius 1 is 0.386 bits per heavy atom. The van der Waals surface area contributed by atoms with Gasteiger partial charge in [-0.2, -0.15) is 0 Å². The van der Waals surface area contributed by atoms with Crippen molar-refractivity contribution in [2.45, 2.75) is 0 Å². The first kappa shape index (κ1) is 26.4. The third-order valence-corrected chi connectivity index (χ3v) is 11.6. The molecule has 0 unspecified atom stereocenters. The number of hydrogen-bond acceptors (Lipinski definition) is 6. The monoisotopic (exact) mass is 753 g/mol. The fraction of sp³-hybridized carbons (Fsp3) is 0. The summed E-state index contributed by atoms with van der Waals surface area (Å²) in [6.45, 7) is 0. The molecule has 5 nitrogen and oxygen atoms in total. The topological polar surface area (TPSA) is 65.0 Å². The maximum Gasteiger partial charge on any atom is 0.167 e. The molecule has 0 radical (unpaired) electrons. The lowest BCUT2D eigenvalue weighted by Crippen LogP contribution is -2.00. The molecule has 4 heterocycles. The van der Waals surface area contributed by atoms with Crippen molar-refractivity contribution in [1.29, 1.82) is 0 Å². The maximum absolute atomic E-state index is 9.60. The summed E-state index contributed by atoms with van der Waals surface area (Å²) in [5.74, 6) is 0.485. The molecule has 0 spiro atoms. The van der Waals surface area contributed by atoms with E-state index in [2.05, 4.69) is 12.1 Å². The summed E-state index contributed by atoms with van der Waals surface area (Å²) in [5, 5.41) is 4.11. The minimum absolute atomic E-state index is 0.0307. The second-order valence-electron chi connectivity index (χ2n) is 13.8. The van der Waals surface area contributed by atoms with Crippen molar-refractivity contribution < 1.29 is 17.1 Å². The number of para-hydroxylation sites is 2. The highest BCUT2D eigenvalue weighted by atomic mass is 32.1. The maximum atomic E-state index is 9.60. The molecule has 6 heteroatoms. The van der Waals surface area contributed by atoms with Crippen molar-refractivity contribution in [2.24, 2.45) is 0 Å². The predicted molar refractivity (Wildman–Crippen MR) is 234 cm³/mol. The van der Waals surface area contributed by atoms with Gasteiger partial charge < -0.3 is 8.83 Å². The van der Waals surface area contributed by atoms with Crippen molar-refractivity contribution in [3.05, 3.63) is 176 Å². The highest BCUT2D eigenvalue weighted by Crippen LogP contribution is 2.40. The molecule has 0 saturated heterocycles. The molecule has 0 amide bonds. The first-order valence-corrected chi connectivity index (χ1v) is 19.3. The molecular formula is C51H29N3O2S. The molecule has 266 valence electrons. The molecule has 0 fully saturated rings. The number of aromatic nitrogens is 3. The molecule has 57 heavy (non-hydrogen) atoms.